The van der Waals surface area contributed by atoms with E-state index in [2.05, 4.69) is 0 Å². The van der Waals surface area contributed by atoms with Crippen LogP contribution in [0.1, 0.15) is 17.3 Å². The fraction of sp³-hybridized carbons (Fsp3) is 0.273. The predicted octanol–water partition coefficient (Wildman–Crippen LogP) is 1.33. The van der Waals surface area contributed by atoms with Crippen LogP contribution in [-0.4, -0.2) is 30.3 Å². The summed E-state index contributed by atoms with van der Waals surface area (Å²) < 4.78 is 9.70. The quantitative estimate of drug-likeness (QED) is 0.764. The third-order valence-electron chi connectivity index (χ3n) is 1.73. The van der Waals surface area contributed by atoms with Gasteiger partial charge in [-0.25, -0.2) is 9.59 Å². The molecule has 0 heterocycles. The highest BCUT2D eigenvalue weighted by molar-refractivity contribution is 5.89. The molecule has 0 amide bonds. The Balaban J connectivity index is 2.60. The second-order valence-corrected chi connectivity index (χ2v) is 2.93. The van der Waals surface area contributed by atoms with E-state index >= 15 is 0 Å². The molecule has 0 aliphatic carbocycles. The molecule has 5 heteroatoms. The van der Waals surface area contributed by atoms with E-state index in [4.69, 9.17) is 14.6 Å². The molecule has 0 bridgehead atoms. The first-order valence-electron chi connectivity index (χ1n) is 4.75. The first-order chi connectivity index (χ1) is 7.63. The zero-order chi connectivity index (χ0) is 12.0. The molecule has 0 saturated carbocycles. The van der Waals surface area contributed by atoms with Gasteiger partial charge in [-0.3, -0.25) is 0 Å². The summed E-state index contributed by atoms with van der Waals surface area (Å²) in [6.07, 6.45) is 0. The topological polar surface area (TPSA) is 72.8 Å². The Labute approximate surface area is 92.6 Å². The molecule has 86 valence electrons. The molecule has 5 nitrogen and oxygen atoms in total. The standard InChI is InChI=1S/C11H12O5/c1-2-15-11(14)8-3-5-9(6-4-8)16-7-10(12)13/h3-6H,2,7H2,1H3,(H,12,13). The number of carboxylic acids is 1. The molecule has 0 aliphatic heterocycles. The van der Waals surface area contributed by atoms with Crippen LogP contribution in [0.5, 0.6) is 5.75 Å². The Kier molecular flexibility index (Phi) is 4.32. The second kappa shape index (κ2) is 5.75. The van der Waals surface area contributed by atoms with Crippen molar-refractivity contribution in [1.29, 1.82) is 0 Å². The van der Waals surface area contributed by atoms with Crippen LogP contribution in [0.25, 0.3) is 0 Å². The number of hydrogen-bond acceptors (Lipinski definition) is 4. The van der Waals surface area contributed by atoms with E-state index in [-0.39, 0.29) is 0 Å². The molecule has 0 radical (unpaired) electrons. The minimum Gasteiger partial charge on any atom is -0.482 e. The first kappa shape index (κ1) is 12.0. The molecule has 0 atom stereocenters. The highest BCUT2D eigenvalue weighted by atomic mass is 16.5. The van der Waals surface area contributed by atoms with Crippen LogP contribution in [-0.2, 0) is 9.53 Å². The Morgan fingerprint density at radius 1 is 1.25 bits per heavy atom. The van der Waals surface area contributed by atoms with Crippen molar-refractivity contribution in [2.45, 2.75) is 6.92 Å². The summed E-state index contributed by atoms with van der Waals surface area (Å²) in [5, 5.41) is 8.39. The van der Waals surface area contributed by atoms with Crippen LogP contribution < -0.4 is 4.74 Å². The van der Waals surface area contributed by atoms with E-state index in [0.29, 0.717) is 17.9 Å². The van der Waals surface area contributed by atoms with Gasteiger partial charge in [-0.1, -0.05) is 0 Å². The summed E-state index contributed by atoms with van der Waals surface area (Å²) in [7, 11) is 0. The molecule has 1 aromatic rings. The molecule has 0 saturated heterocycles. The maximum Gasteiger partial charge on any atom is 0.341 e. The maximum absolute atomic E-state index is 11.3. The van der Waals surface area contributed by atoms with Gasteiger partial charge in [-0.15, -0.1) is 0 Å². The molecule has 0 fully saturated rings. The predicted molar refractivity (Wildman–Crippen MR) is 55.5 cm³/mol. The molecule has 0 spiro atoms. The number of rotatable bonds is 5. The Hall–Kier alpha value is -2.04. The number of carbonyl (C=O) groups excluding carboxylic acids is 1. The van der Waals surface area contributed by atoms with Gasteiger partial charge in [0.15, 0.2) is 6.61 Å². The van der Waals surface area contributed by atoms with Gasteiger partial charge in [0, 0.05) is 0 Å². The van der Waals surface area contributed by atoms with Gasteiger partial charge in [0.1, 0.15) is 5.75 Å². The minimum absolute atomic E-state index is 0.316. The number of ether oxygens (including phenoxy) is 2. The minimum atomic E-state index is -1.05. The van der Waals surface area contributed by atoms with Crippen molar-refractivity contribution in [2.24, 2.45) is 0 Å². The monoisotopic (exact) mass is 224 g/mol. The van der Waals surface area contributed by atoms with E-state index < -0.39 is 18.5 Å². The lowest BCUT2D eigenvalue weighted by Gasteiger charge is -2.04. The number of hydrogen-bond donors (Lipinski definition) is 1. The maximum atomic E-state index is 11.3. The lowest BCUT2D eigenvalue weighted by atomic mass is 10.2. The first-order valence-corrected chi connectivity index (χ1v) is 4.75. The number of carboxylic acid groups (broad SMARTS) is 1. The zero-order valence-corrected chi connectivity index (χ0v) is 8.80. The van der Waals surface area contributed by atoms with Crippen LogP contribution in [0.15, 0.2) is 24.3 Å². The third kappa shape index (κ3) is 3.61. The van der Waals surface area contributed by atoms with Crippen LogP contribution in [0.2, 0.25) is 0 Å². The van der Waals surface area contributed by atoms with E-state index in [1.165, 1.54) is 24.3 Å². The number of benzene rings is 1. The highest BCUT2D eigenvalue weighted by Crippen LogP contribution is 2.12. The van der Waals surface area contributed by atoms with E-state index in [9.17, 15) is 9.59 Å². The van der Waals surface area contributed by atoms with Crippen molar-refractivity contribution in [3.63, 3.8) is 0 Å². The van der Waals surface area contributed by atoms with Crippen molar-refractivity contribution in [2.75, 3.05) is 13.2 Å². The molecule has 1 rings (SSSR count). The van der Waals surface area contributed by atoms with Crippen molar-refractivity contribution >= 4 is 11.9 Å². The summed E-state index contributed by atoms with van der Waals surface area (Å²) in [5.74, 6) is -1.06. The summed E-state index contributed by atoms with van der Waals surface area (Å²) in [4.78, 5) is 21.5. The summed E-state index contributed by atoms with van der Waals surface area (Å²) in [5.41, 5.74) is 0.407. The van der Waals surface area contributed by atoms with Crippen LogP contribution >= 0.6 is 0 Å². The van der Waals surface area contributed by atoms with Crippen molar-refractivity contribution in [3.8, 4) is 5.75 Å². The Morgan fingerprint density at radius 3 is 2.38 bits per heavy atom. The summed E-state index contributed by atoms with van der Waals surface area (Å²) in [6, 6.07) is 6.09. The average molecular weight is 224 g/mol. The molecular weight excluding hydrogens is 212 g/mol. The average Bonchev–Trinajstić information content (AvgIpc) is 2.27. The normalized spacial score (nSPS) is 9.56. The fourth-order valence-electron chi connectivity index (χ4n) is 1.05. The van der Waals surface area contributed by atoms with Gasteiger partial charge in [0.2, 0.25) is 0 Å². The number of aliphatic carboxylic acids is 1. The fourth-order valence-corrected chi connectivity index (χ4v) is 1.05. The van der Waals surface area contributed by atoms with Crippen molar-refractivity contribution in [3.05, 3.63) is 29.8 Å². The van der Waals surface area contributed by atoms with Crippen molar-refractivity contribution < 1.29 is 24.2 Å². The molecule has 0 unspecified atom stereocenters. The third-order valence-corrected chi connectivity index (χ3v) is 1.73. The number of esters is 1. The lowest BCUT2D eigenvalue weighted by molar-refractivity contribution is -0.139. The molecule has 0 aromatic heterocycles. The SMILES string of the molecule is CCOC(=O)c1ccc(OCC(=O)O)cc1. The molecule has 1 aromatic carbocycles. The van der Waals surface area contributed by atoms with Gasteiger partial charge >= 0.3 is 11.9 Å². The zero-order valence-electron chi connectivity index (χ0n) is 8.80. The van der Waals surface area contributed by atoms with Gasteiger partial charge in [0.25, 0.3) is 0 Å². The van der Waals surface area contributed by atoms with Gasteiger partial charge < -0.3 is 14.6 Å². The molecule has 1 N–H and O–H groups in total. The van der Waals surface area contributed by atoms with E-state index in [1.54, 1.807) is 6.92 Å². The summed E-state index contributed by atoms with van der Waals surface area (Å²) >= 11 is 0. The van der Waals surface area contributed by atoms with E-state index in [1.807, 2.05) is 0 Å². The van der Waals surface area contributed by atoms with Crippen LogP contribution in [0, 0.1) is 0 Å². The van der Waals surface area contributed by atoms with Gasteiger partial charge in [0.05, 0.1) is 12.2 Å². The smallest absolute Gasteiger partial charge is 0.341 e. The van der Waals surface area contributed by atoms with Crippen LogP contribution in [0.3, 0.4) is 0 Å². The second-order valence-electron chi connectivity index (χ2n) is 2.93. The van der Waals surface area contributed by atoms with E-state index in [0.717, 1.165) is 0 Å². The van der Waals surface area contributed by atoms with Crippen LogP contribution in [0.4, 0.5) is 0 Å². The highest BCUT2D eigenvalue weighted by Gasteiger charge is 2.06. The molecule has 0 aliphatic rings. The largest absolute Gasteiger partial charge is 0.482 e. The Morgan fingerprint density at radius 2 is 1.88 bits per heavy atom. The van der Waals surface area contributed by atoms with Gasteiger partial charge in [-0.05, 0) is 31.2 Å². The van der Waals surface area contributed by atoms with Gasteiger partial charge in [-0.2, -0.15) is 0 Å². The Bertz CT molecular complexity index is 368. The number of carbonyl (C=O) groups is 2. The molecular formula is C11H12O5. The summed E-state index contributed by atoms with van der Waals surface area (Å²) in [6.45, 7) is 1.64. The van der Waals surface area contributed by atoms with Crippen molar-refractivity contribution in [1.82, 2.24) is 0 Å². The molecule has 16 heavy (non-hydrogen) atoms. The lowest BCUT2D eigenvalue weighted by Crippen LogP contribution is -2.09.